The van der Waals surface area contributed by atoms with Gasteiger partial charge < -0.3 is 10.1 Å². The van der Waals surface area contributed by atoms with Crippen molar-refractivity contribution in [1.29, 1.82) is 0 Å². The van der Waals surface area contributed by atoms with Gasteiger partial charge in [0.15, 0.2) is 0 Å². The van der Waals surface area contributed by atoms with Crippen LogP contribution >= 0.6 is 0 Å². The number of ether oxygens (including phenoxy) is 1. The first kappa shape index (κ1) is 25.4. The summed E-state index contributed by atoms with van der Waals surface area (Å²) in [6.45, 7) is 2.20. The van der Waals surface area contributed by atoms with Gasteiger partial charge in [-0.2, -0.15) is 5.10 Å². The topological polar surface area (TPSA) is 99.3 Å². The van der Waals surface area contributed by atoms with Crippen LogP contribution in [0.2, 0.25) is 0 Å². The van der Waals surface area contributed by atoms with E-state index in [1.54, 1.807) is 37.3 Å². The number of hydrogen-bond acceptors (Lipinski definition) is 5. The lowest BCUT2D eigenvalue weighted by Crippen LogP contribution is -2.23. The van der Waals surface area contributed by atoms with Crippen molar-refractivity contribution in [2.45, 2.75) is 20.1 Å². The molecule has 0 fully saturated rings. The Hall–Kier alpha value is -5.24. The van der Waals surface area contributed by atoms with Crippen LogP contribution < -0.4 is 10.1 Å². The summed E-state index contributed by atoms with van der Waals surface area (Å²) < 4.78 is 7.64. The van der Waals surface area contributed by atoms with Crippen molar-refractivity contribution in [3.8, 4) is 22.7 Å². The minimum atomic E-state index is -0.420. The van der Waals surface area contributed by atoms with Crippen molar-refractivity contribution < 1.29 is 14.5 Å². The summed E-state index contributed by atoms with van der Waals surface area (Å²) in [5.74, 6) is 0.311. The van der Waals surface area contributed by atoms with Crippen LogP contribution in [0.25, 0.3) is 16.9 Å². The number of aryl methyl sites for hydroxylation is 1. The minimum Gasteiger partial charge on any atom is -0.489 e. The summed E-state index contributed by atoms with van der Waals surface area (Å²) in [5.41, 5.74) is 5.49. The van der Waals surface area contributed by atoms with E-state index in [0.29, 0.717) is 23.4 Å². The van der Waals surface area contributed by atoms with Crippen LogP contribution in [0.1, 0.15) is 27.0 Å². The molecule has 0 radical (unpaired) electrons. The molecule has 0 unspecified atom stereocenters. The third-order valence-electron chi connectivity index (χ3n) is 6.26. The van der Waals surface area contributed by atoms with E-state index >= 15 is 0 Å². The minimum absolute atomic E-state index is 0.0470. The zero-order valence-corrected chi connectivity index (χ0v) is 21.3. The Morgan fingerprint density at radius 3 is 2.41 bits per heavy atom. The highest BCUT2D eigenvalue weighted by molar-refractivity contribution is 5.94. The fourth-order valence-corrected chi connectivity index (χ4v) is 4.26. The SMILES string of the molecule is Cc1cc(OCc2cccc(C(=O)NCc3cn(-c4ccccc4)nc3-c3ccccc3)c2)ccc1[N+](=O)[O-]. The lowest BCUT2D eigenvalue weighted by molar-refractivity contribution is -0.385. The van der Waals surface area contributed by atoms with E-state index in [1.165, 1.54) is 6.07 Å². The molecule has 8 heteroatoms. The number of nitro benzene ring substituents is 1. The number of rotatable bonds is 9. The number of aromatic nitrogens is 2. The van der Waals surface area contributed by atoms with Gasteiger partial charge >= 0.3 is 0 Å². The van der Waals surface area contributed by atoms with E-state index in [1.807, 2.05) is 77.6 Å². The van der Waals surface area contributed by atoms with Gasteiger partial charge in [-0.05, 0) is 48.9 Å². The van der Waals surface area contributed by atoms with Crippen molar-refractivity contribution >= 4 is 11.6 Å². The van der Waals surface area contributed by atoms with Crippen LogP contribution in [0.15, 0.2) is 109 Å². The molecule has 0 saturated heterocycles. The maximum Gasteiger partial charge on any atom is 0.272 e. The Morgan fingerprint density at radius 1 is 0.949 bits per heavy atom. The van der Waals surface area contributed by atoms with E-state index in [2.05, 4.69) is 5.32 Å². The summed E-state index contributed by atoms with van der Waals surface area (Å²) in [7, 11) is 0. The molecule has 5 aromatic rings. The molecule has 1 heterocycles. The zero-order valence-electron chi connectivity index (χ0n) is 21.3. The number of benzene rings is 4. The summed E-state index contributed by atoms with van der Waals surface area (Å²) in [6.07, 6.45) is 1.94. The molecule has 0 aliphatic heterocycles. The number of para-hydroxylation sites is 1. The molecule has 0 aliphatic carbocycles. The zero-order chi connectivity index (χ0) is 27.2. The van der Waals surface area contributed by atoms with Crippen molar-refractivity contribution in [3.05, 3.63) is 142 Å². The first-order valence-corrected chi connectivity index (χ1v) is 12.4. The Balaban J connectivity index is 1.29. The van der Waals surface area contributed by atoms with E-state index in [-0.39, 0.29) is 18.2 Å². The smallest absolute Gasteiger partial charge is 0.272 e. The van der Waals surface area contributed by atoms with Crippen molar-refractivity contribution in [3.63, 3.8) is 0 Å². The average Bonchev–Trinajstić information content (AvgIpc) is 3.40. The van der Waals surface area contributed by atoms with Crippen LogP contribution in [0, 0.1) is 17.0 Å². The number of nitrogens with one attached hydrogen (secondary N) is 1. The molecule has 0 aliphatic rings. The molecule has 39 heavy (non-hydrogen) atoms. The quantitative estimate of drug-likeness (QED) is 0.183. The summed E-state index contributed by atoms with van der Waals surface area (Å²) in [6, 6.07) is 31.5. The molecular formula is C31H26N4O4. The molecule has 0 bridgehead atoms. The van der Waals surface area contributed by atoms with E-state index < -0.39 is 4.92 Å². The summed E-state index contributed by atoms with van der Waals surface area (Å²) in [4.78, 5) is 23.7. The molecule has 0 atom stereocenters. The van der Waals surface area contributed by atoms with Gasteiger partial charge in [0, 0.05) is 41.1 Å². The lowest BCUT2D eigenvalue weighted by atomic mass is 10.1. The Kier molecular flexibility index (Phi) is 7.45. The fraction of sp³-hybridized carbons (Fsp3) is 0.0968. The standard InChI is InChI=1S/C31H26N4O4/c1-22-17-28(15-16-29(22)35(37)38)39-21-23-9-8-12-25(18-23)31(36)32-19-26-20-34(27-13-6-3-7-14-27)33-30(26)24-10-4-2-5-11-24/h2-18,20H,19,21H2,1H3,(H,32,36). The highest BCUT2D eigenvalue weighted by Crippen LogP contribution is 2.25. The van der Waals surface area contributed by atoms with Gasteiger partial charge in [0.25, 0.3) is 11.6 Å². The van der Waals surface area contributed by atoms with E-state index in [0.717, 1.165) is 28.1 Å². The largest absolute Gasteiger partial charge is 0.489 e. The van der Waals surface area contributed by atoms with Crippen LogP contribution in [-0.4, -0.2) is 20.6 Å². The predicted molar refractivity (Wildman–Crippen MR) is 149 cm³/mol. The van der Waals surface area contributed by atoms with Crippen LogP contribution in [0.5, 0.6) is 5.75 Å². The second kappa shape index (κ2) is 11.4. The molecule has 0 spiro atoms. The van der Waals surface area contributed by atoms with E-state index in [9.17, 15) is 14.9 Å². The van der Waals surface area contributed by atoms with Gasteiger partial charge in [-0.25, -0.2) is 4.68 Å². The normalized spacial score (nSPS) is 10.7. The number of amides is 1. The molecule has 0 saturated carbocycles. The van der Waals surface area contributed by atoms with Crippen molar-refractivity contribution in [2.24, 2.45) is 0 Å². The lowest BCUT2D eigenvalue weighted by Gasteiger charge is -2.09. The number of nitro groups is 1. The molecule has 194 valence electrons. The van der Waals surface area contributed by atoms with Gasteiger partial charge in [0.05, 0.1) is 16.3 Å². The second-order valence-electron chi connectivity index (χ2n) is 9.03. The first-order valence-electron chi connectivity index (χ1n) is 12.4. The first-order chi connectivity index (χ1) is 19.0. The maximum absolute atomic E-state index is 13.1. The fourth-order valence-electron chi connectivity index (χ4n) is 4.26. The molecular weight excluding hydrogens is 492 g/mol. The van der Waals surface area contributed by atoms with Gasteiger partial charge in [-0.3, -0.25) is 14.9 Å². The second-order valence-corrected chi connectivity index (χ2v) is 9.03. The Bertz CT molecular complexity index is 1610. The number of hydrogen-bond donors (Lipinski definition) is 1. The predicted octanol–water partition coefficient (Wildman–Crippen LogP) is 6.26. The molecule has 1 amide bonds. The molecule has 1 aromatic heterocycles. The molecule has 1 N–H and O–H groups in total. The number of carbonyl (C=O) groups is 1. The summed E-state index contributed by atoms with van der Waals surface area (Å²) >= 11 is 0. The Morgan fingerprint density at radius 2 is 1.69 bits per heavy atom. The third kappa shape index (κ3) is 6.02. The van der Waals surface area contributed by atoms with Crippen molar-refractivity contribution in [2.75, 3.05) is 0 Å². The molecule has 4 aromatic carbocycles. The highest BCUT2D eigenvalue weighted by Gasteiger charge is 2.15. The molecule has 8 nitrogen and oxygen atoms in total. The summed E-state index contributed by atoms with van der Waals surface area (Å²) in [5, 5.41) is 18.9. The molecule has 5 rings (SSSR count). The average molecular weight is 519 g/mol. The van der Waals surface area contributed by atoms with Crippen LogP contribution in [0.3, 0.4) is 0 Å². The number of nitrogens with zero attached hydrogens (tertiary/aromatic N) is 3. The van der Waals surface area contributed by atoms with Crippen LogP contribution in [-0.2, 0) is 13.2 Å². The Labute approximate surface area is 225 Å². The van der Waals surface area contributed by atoms with Crippen LogP contribution in [0.4, 0.5) is 5.69 Å². The number of carbonyl (C=O) groups excluding carboxylic acids is 1. The maximum atomic E-state index is 13.1. The van der Waals surface area contributed by atoms with Gasteiger partial charge in [-0.15, -0.1) is 0 Å². The van der Waals surface area contributed by atoms with Gasteiger partial charge in [-0.1, -0.05) is 60.7 Å². The van der Waals surface area contributed by atoms with Crippen molar-refractivity contribution in [1.82, 2.24) is 15.1 Å². The van der Waals surface area contributed by atoms with E-state index in [4.69, 9.17) is 9.84 Å². The highest BCUT2D eigenvalue weighted by atomic mass is 16.6. The van der Waals surface area contributed by atoms with Gasteiger partial charge in [0.2, 0.25) is 0 Å². The van der Waals surface area contributed by atoms with Gasteiger partial charge in [0.1, 0.15) is 12.4 Å². The monoisotopic (exact) mass is 518 g/mol. The third-order valence-corrected chi connectivity index (χ3v) is 6.26.